The molecule has 2 aliphatic heterocycles. The molecule has 1 aromatic carbocycles. The van der Waals surface area contributed by atoms with E-state index in [0.717, 1.165) is 43.0 Å². The van der Waals surface area contributed by atoms with E-state index in [1.165, 1.54) is 0 Å². The normalized spacial score (nSPS) is 19.3. The fourth-order valence-electron chi connectivity index (χ4n) is 3.43. The maximum Gasteiger partial charge on any atom is 0.234 e. The first-order chi connectivity index (χ1) is 12.3. The molecule has 1 fully saturated rings. The van der Waals surface area contributed by atoms with Crippen LogP contribution >= 0.6 is 0 Å². The molecule has 4 rings (SSSR count). The van der Waals surface area contributed by atoms with Crippen LogP contribution in [0.15, 0.2) is 36.7 Å². The minimum Gasteiger partial charge on any atom is -0.454 e. The number of benzene rings is 1. The third-order valence-corrected chi connectivity index (χ3v) is 4.73. The summed E-state index contributed by atoms with van der Waals surface area (Å²) < 4.78 is 12.6. The van der Waals surface area contributed by atoms with E-state index in [4.69, 9.17) is 9.47 Å². The van der Waals surface area contributed by atoms with Gasteiger partial charge in [0.25, 0.3) is 0 Å². The fourth-order valence-corrected chi connectivity index (χ4v) is 3.43. The van der Waals surface area contributed by atoms with Gasteiger partial charge < -0.3 is 14.8 Å². The maximum absolute atomic E-state index is 12.3. The highest BCUT2D eigenvalue weighted by Gasteiger charge is 2.26. The Morgan fingerprint density at radius 1 is 1.32 bits per heavy atom. The molecular weight excluding hydrogens is 320 g/mol. The molecule has 25 heavy (non-hydrogen) atoms. The van der Waals surface area contributed by atoms with E-state index in [1.54, 1.807) is 6.20 Å². The zero-order chi connectivity index (χ0) is 17.1. The number of rotatable bonds is 6. The topological polar surface area (TPSA) is 68.6 Å². The third kappa shape index (κ3) is 3.76. The van der Waals surface area contributed by atoms with Crippen molar-refractivity contribution in [2.45, 2.75) is 32.0 Å². The second kappa shape index (κ2) is 7.14. The molecule has 0 saturated carbocycles. The molecular formula is C18H22N4O3. The van der Waals surface area contributed by atoms with Gasteiger partial charge in [-0.3, -0.25) is 14.4 Å². The van der Waals surface area contributed by atoms with E-state index < -0.39 is 0 Å². The van der Waals surface area contributed by atoms with Crippen molar-refractivity contribution in [2.24, 2.45) is 0 Å². The van der Waals surface area contributed by atoms with Gasteiger partial charge in [0.05, 0.1) is 13.1 Å². The van der Waals surface area contributed by atoms with Crippen LogP contribution in [0.1, 0.15) is 18.4 Å². The first-order valence-corrected chi connectivity index (χ1v) is 8.64. The van der Waals surface area contributed by atoms with Crippen molar-refractivity contribution in [1.29, 1.82) is 0 Å². The van der Waals surface area contributed by atoms with Crippen LogP contribution in [0, 0.1) is 0 Å². The second-order valence-electron chi connectivity index (χ2n) is 6.46. The number of amides is 1. The minimum atomic E-state index is 0.0463. The lowest BCUT2D eigenvalue weighted by atomic mass is 10.2. The first-order valence-electron chi connectivity index (χ1n) is 8.64. The van der Waals surface area contributed by atoms with E-state index >= 15 is 0 Å². The van der Waals surface area contributed by atoms with E-state index in [9.17, 15) is 4.79 Å². The average molecular weight is 342 g/mol. The summed E-state index contributed by atoms with van der Waals surface area (Å²) in [7, 11) is 0. The van der Waals surface area contributed by atoms with Crippen LogP contribution in [0.5, 0.6) is 11.5 Å². The summed E-state index contributed by atoms with van der Waals surface area (Å²) in [5.41, 5.74) is 1.01. The van der Waals surface area contributed by atoms with Crippen LogP contribution in [0.2, 0.25) is 0 Å². The number of hydrogen-bond donors (Lipinski definition) is 1. The molecule has 1 saturated heterocycles. The number of carbonyl (C=O) groups is 1. The standard InChI is InChI=1S/C18H22N4O3/c23-18(19-10-14-4-5-16-17(9-14)25-13-24-16)12-21-7-1-3-15(21)11-22-8-2-6-20-22/h2,4-6,8-9,15H,1,3,7,10-13H2,(H,19,23). The van der Waals surface area contributed by atoms with Crippen molar-refractivity contribution >= 4 is 5.91 Å². The van der Waals surface area contributed by atoms with Crippen molar-refractivity contribution < 1.29 is 14.3 Å². The SMILES string of the molecule is O=C(CN1CCCC1Cn1cccn1)NCc1ccc2c(c1)OCO2. The largest absolute Gasteiger partial charge is 0.454 e. The summed E-state index contributed by atoms with van der Waals surface area (Å²) in [6, 6.07) is 8.04. The number of nitrogens with zero attached hydrogens (tertiary/aromatic N) is 3. The third-order valence-electron chi connectivity index (χ3n) is 4.73. The first kappa shape index (κ1) is 16.0. The second-order valence-corrected chi connectivity index (χ2v) is 6.46. The Morgan fingerprint density at radius 2 is 2.24 bits per heavy atom. The van der Waals surface area contributed by atoms with Crippen LogP contribution in [0.4, 0.5) is 0 Å². The number of likely N-dealkylation sites (tertiary alicyclic amines) is 1. The summed E-state index contributed by atoms with van der Waals surface area (Å²) in [5, 5.41) is 7.26. The van der Waals surface area contributed by atoms with Gasteiger partial charge in [-0.25, -0.2) is 0 Å². The van der Waals surface area contributed by atoms with Gasteiger partial charge in [0.1, 0.15) is 0 Å². The van der Waals surface area contributed by atoms with Crippen molar-refractivity contribution in [3.05, 3.63) is 42.2 Å². The molecule has 1 unspecified atom stereocenters. The van der Waals surface area contributed by atoms with Crippen LogP contribution in [0.25, 0.3) is 0 Å². The Kier molecular flexibility index (Phi) is 4.56. The number of nitrogens with one attached hydrogen (secondary N) is 1. The zero-order valence-electron chi connectivity index (χ0n) is 14.1. The van der Waals surface area contributed by atoms with Gasteiger partial charge >= 0.3 is 0 Å². The molecule has 0 bridgehead atoms. The van der Waals surface area contributed by atoms with Crippen LogP contribution in [-0.2, 0) is 17.9 Å². The van der Waals surface area contributed by atoms with Crippen LogP contribution < -0.4 is 14.8 Å². The van der Waals surface area contributed by atoms with Gasteiger partial charge in [0.15, 0.2) is 11.5 Å². The molecule has 0 radical (unpaired) electrons. The molecule has 132 valence electrons. The highest BCUT2D eigenvalue weighted by molar-refractivity contribution is 5.78. The molecule has 2 aliphatic rings. The summed E-state index contributed by atoms with van der Waals surface area (Å²) in [6.45, 7) is 2.98. The molecule has 1 amide bonds. The summed E-state index contributed by atoms with van der Waals surface area (Å²) in [4.78, 5) is 14.6. The lowest BCUT2D eigenvalue weighted by Crippen LogP contribution is -2.41. The maximum atomic E-state index is 12.3. The van der Waals surface area contributed by atoms with E-state index in [-0.39, 0.29) is 12.7 Å². The number of ether oxygens (including phenoxy) is 2. The van der Waals surface area contributed by atoms with Gasteiger partial charge in [-0.2, -0.15) is 5.10 Å². The predicted molar refractivity (Wildman–Crippen MR) is 91.2 cm³/mol. The number of hydrogen-bond acceptors (Lipinski definition) is 5. The Labute approximate surface area is 146 Å². The Morgan fingerprint density at radius 3 is 3.12 bits per heavy atom. The van der Waals surface area contributed by atoms with Gasteiger partial charge in [-0.15, -0.1) is 0 Å². The monoisotopic (exact) mass is 342 g/mol. The average Bonchev–Trinajstić information content (AvgIpc) is 3.35. The molecule has 7 nitrogen and oxygen atoms in total. The zero-order valence-corrected chi connectivity index (χ0v) is 14.1. The molecule has 1 atom stereocenters. The van der Waals surface area contributed by atoms with Crippen molar-refractivity contribution in [2.75, 3.05) is 19.9 Å². The highest BCUT2D eigenvalue weighted by atomic mass is 16.7. The molecule has 0 spiro atoms. The Bertz CT molecular complexity index is 732. The van der Waals surface area contributed by atoms with Gasteiger partial charge in [-0.05, 0) is 43.1 Å². The lowest BCUT2D eigenvalue weighted by molar-refractivity contribution is -0.122. The lowest BCUT2D eigenvalue weighted by Gasteiger charge is -2.23. The molecule has 2 aromatic rings. The van der Waals surface area contributed by atoms with E-state index in [2.05, 4.69) is 15.3 Å². The van der Waals surface area contributed by atoms with Gasteiger partial charge in [0.2, 0.25) is 12.7 Å². The van der Waals surface area contributed by atoms with Crippen LogP contribution in [-0.4, -0.2) is 46.5 Å². The molecule has 1 N–H and O–H groups in total. The van der Waals surface area contributed by atoms with E-state index in [1.807, 2.05) is 35.1 Å². The van der Waals surface area contributed by atoms with Crippen LogP contribution in [0.3, 0.4) is 0 Å². The van der Waals surface area contributed by atoms with Crippen molar-refractivity contribution in [1.82, 2.24) is 20.0 Å². The minimum absolute atomic E-state index is 0.0463. The quantitative estimate of drug-likeness (QED) is 0.859. The molecule has 7 heteroatoms. The van der Waals surface area contributed by atoms with Gasteiger partial charge in [-0.1, -0.05) is 6.07 Å². The predicted octanol–water partition coefficient (Wildman–Crippen LogP) is 1.39. The fraction of sp³-hybridized carbons (Fsp3) is 0.444. The number of carbonyl (C=O) groups excluding carboxylic acids is 1. The summed E-state index contributed by atoms with van der Waals surface area (Å²) in [5.74, 6) is 1.55. The van der Waals surface area contributed by atoms with Crippen molar-refractivity contribution in [3.8, 4) is 11.5 Å². The summed E-state index contributed by atoms with van der Waals surface area (Å²) in [6.07, 6.45) is 5.99. The highest BCUT2D eigenvalue weighted by Crippen LogP contribution is 2.32. The smallest absolute Gasteiger partial charge is 0.234 e. The molecule has 1 aromatic heterocycles. The molecule has 3 heterocycles. The summed E-state index contributed by atoms with van der Waals surface area (Å²) >= 11 is 0. The van der Waals surface area contributed by atoms with E-state index in [0.29, 0.717) is 19.1 Å². The molecule has 0 aliphatic carbocycles. The number of fused-ring (bicyclic) bond motifs is 1. The number of aromatic nitrogens is 2. The Hall–Kier alpha value is -2.54. The van der Waals surface area contributed by atoms with Gasteiger partial charge in [0, 0.05) is 25.0 Å². The Balaban J connectivity index is 1.28. The van der Waals surface area contributed by atoms with Crippen molar-refractivity contribution in [3.63, 3.8) is 0 Å².